The zero-order valence-corrected chi connectivity index (χ0v) is 15.8. The Balaban J connectivity index is -0.0000000853. The highest BCUT2D eigenvalue weighted by Gasteiger charge is 2.24. The van der Waals surface area contributed by atoms with Gasteiger partial charge in [0, 0.05) is 0 Å². The maximum Gasteiger partial charge on any atom is 0.0786 e. The molecule has 0 amide bonds. The largest absolute Gasteiger partial charge is 1.00 e. The molecule has 0 aliphatic rings. The molecule has 10 N–H and O–H groups in total. The average Bonchev–Trinajstić information content (AvgIpc) is 2.37. The summed E-state index contributed by atoms with van der Waals surface area (Å²) in [5.41, 5.74) is 0. The topological polar surface area (TPSA) is 158 Å². The molecule has 0 aromatic heterocycles. The van der Waals surface area contributed by atoms with E-state index in [4.69, 9.17) is 0 Å². The Morgan fingerprint density at radius 1 is 0.435 bits per heavy atom. The van der Waals surface area contributed by atoms with Crippen LogP contribution >= 0.6 is 0 Å². The molecule has 0 heterocycles. The van der Waals surface area contributed by atoms with E-state index < -0.39 is 0 Å². The lowest BCUT2D eigenvalue weighted by Gasteiger charge is -2.39. The first-order valence-electron chi connectivity index (χ1n) is 8.09. The predicted molar refractivity (Wildman–Crippen MR) is 97.4 cm³/mol. The van der Waals surface area contributed by atoms with Crippen LogP contribution in [0.2, 0.25) is 0 Å². The highest BCUT2D eigenvalue weighted by atomic mass is 19.0. The van der Waals surface area contributed by atoms with Crippen molar-refractivity contribution in [1.82, 2.24) is 0 Å². The van der Waals surface area contributed by atoms with E-state index in [-0.39, 0.29) is 32.1 Å². The van der Waals surface area contributed by atoms with Crippen LogP contribution in [0.15, 0.2) is 0 Å². The van der Waals surface area contributed by atoms with E-state index >= 15 is 0 Å². The molecule has 23 heavy (non-hydrogen) atoms. The number of hydrogen-bond donors (Lipinski definition) is 0. The summed E-state index contributed by atoms with van der Waals surface area (Å²) in [6, 6.07) is 0. The summed E-state index contributed by atoms with van der Waals surface area (Å²) < 4.78 is 1.42. The van der Waals surface area contributed by atoms with Gasteiger partial charge in [-0.15, -0.1) is 0 Å². The molecule has 0 unspecified atom stereocenters. The van der Waals surface area contributed by atoms with Crippen LogP contribution in [-0.4, -0.2) is 58.0 Å². The Kier molecular flexibility index (Phi) is 55.9. The fourth-order valence-corrected chi connectivity index (χ4v) is 2.64. The normalized spacial score (nSPS) is 8.87. The summed E-state index contributed by atoms with van der Waals surface area (Å²) in [6.45, 7) is 15.0. The number of unbranched alkanes of at least 4 members (excludes halogenated alkanes) is 4. The number of nitrogens with zero attached hydrogens (tertiary/aromatic N) is 1. The SMILES string of the molecule is CCCC[N+](CCCC)(CCCC)CCCC.O.O.O.O.O.[F-]. The number of quaternary nitrogens is 1. The highest BCUT2D eigenvalue weighted by Crippen LogP contribution is 2.16. The molecule has 0 aromatic rings. The summed E-state index contributed by atoms with van der Waals surface area (Å²) in [4.78, 5) is 0. The third-order valence-corrected chi connectivity index (χ3v) is 3.94. The highest BCUT2D eigenvalue weighted by molar-refractivity contribution is 4.49. The molecular weight excluding hydrogens is 305 g/mol. The molecule has 0 rings (SSSR count). The van der Waals surface area contributed by atoms with E-state index in [0.29, 0.717) is 0 Å². The molecule has 152 valence electrons. The number of halogens is 1. The van der Waals surface area contributed by atoms with Gasteiger partial charge in [-0.3, -0.25) is 0 Å². The van der Waals surface area contributed by atoms with Crippen molar-refractivity contribution in [1.29, 1.82) is 0 Å². The van der Waals surface area contributed by atoms with Gasteiger partial charge in [-0.25, -0.2) is 0 Å². The molecule has 0 fully saturated rings. The Hall–Kier alpha value is -0.310. The van der Waals surface area contributed by atoms with Crippen LogP contribution in [0.4, 0.5) is 0 Å². The number of rotatable bonds is 12. The maximum atomic E-state index is 2.33. The zero-order valence-electron chi connectivity index (χ0n) is 15.8. The maximum absolute atomic E-state index is 2.33. The van der Waals surface area contributed by atoms with Gasteiger partial charge in [-0.2, -0.15) is 0 Å². The van der Waals surface area contributed by atoms with E-state index in [9.17, 15) is 0 Å². The molecule has 0 aromatic carbocycles. The lowest BCUT2D eigenvalue weighted by atomic mass is 10.1. The standard InChI is InChI=1S/C16H36N.FH.5H2O/c1-5-9-13-17(14-10-6-2,15-11-7-3)16-12-8-4;;;;;;/h5-16H2,1-4H3;1H;5*1H2/q+1;;;;;;/p-1. The fourth-order valence-electron chi connectivity index (χ4n) is 2.64. The van der Waals surface area contributed by atoms with E-state index in [2.05, 4.69) is 27.7 Å². The second-order valence-electron chi connectivity index (χ2n) is 5.65. The van der Waals surface area contributed by atoms with Gasteiger partial charge < -0.3 is 36.6 Å². The van der Waals surface area contributed by atoms with Gasteiger partial charge >= 0.3 is 0 Å². The first kappa shape index (κ1) is 43.4. The van der Waals surface area contributed by atoms with Gasteiger partial charge in [0.1, 0.15) is 0 Å². The molecule has 0 saturated carbocycles. The van der Waals surface area contributed by atoms with Crippen molar-refractivity contribution in [3.05, 3.63) is 0 Å². The van der Waals surface area contributed by atoms with Crippen LogP contribution in [0, 0.1) is 0 Å². The van der Waals surface area contributed by atoms with Crippen LogP contribution in [0.1, 0.15) is 79.1 Å². The van der Waals surface area contributed by atoms with E-state index in [1.807, 2.05) is 0 Å². The predicted octanol–water partition coefficient (Wildman–Crippen LogP) is -2.12. The lowest BCUT2D eigenvalue weighted by Crippen LogP contribution is -3.00. The molecule has 0 atom stereocenters. The monoisotopic (exact) mass is 351 g/mol. The van der Waals surface area contributed by atoms with Crippen molar-refractivity contribution in [3.63, 3.8) is 0 Å². The molecule has 0 aliphatic carbocycles. The molecule has 7 heteroatoms. The van der Waals surface area contributed by atoms with Crippen molar-refractivity contribution in [2.45, 2.75) is 79.1 Å². The minimum absolute atomic E-state index is 0. The van der Waals surface area contributed by atoms with Gasteiger partial charge in [-0.05, 0) is 25.7 Å². The Labute approximate surface area is 142 Å². The second kappa shape index (κ2) is 29.7. The summed E-state index contributed by atoms with van der Waals surface area (Å²) in [6.07, 6.45) is 11.1. The third-order valence-electron chi connectivity index (χ3n) is 3.94. The summed E-state index contributed by atoms with van der Waals surface area (Å²) in [5, 5.41) is 0. The van der Waals surface area contributed by atoms with E-state index in [0.717, 1.165) is 0 Å². The Morgan fingerprint density at radius 3 is 0.739 bits per heavy atom. The molecular formula is C16H46FNO5. The lowest BCUT2D eigenvalue weighted by molar-refractivity contribution is -0.929. The molecule has 6 nitrogen and oxygen atoms in total. The van der Waals surface area contributed by atoms with Gasteiger partial charge in [0.2, 0.25) is 0 Å². The first-order chi connectivity index (χ1) is 8.24. The van der Waals surface area contributed by atoms with Gasteiger partial charge in [-0.1, -0.05) is 53.4 Å². The quantitative estimate of drug-likeness (QED) is 0.352. The molecule has 0 saturated heterocycles. The van der Waals surface area contributed by atoms with Gasteiger partial charge in [0.25, 0.3) is 0 Å². The second-order valence-corrected chi connectivity index (χ2v) is 5.65. The summed E-state index contributed by atoms with van der Waals surface area (Å²) in [5.74, 6) is 0. The van der Waals surface area contributed by atoms with Gasteiger partial charge in [0.15, 0.2) is 0 Å². The smallest absolute Gasteiger partial charge is 0.0786 e. The molecule has 0 aliphatic heterocycles. The first-order valence-corrected chi connectivity index (χ1v) is 8.09. The molecule has 0 bridgehead atoms. The Morgan fingerprint density at radius 2 is 0.609 bits per heavy atom. The summed E-state index contributed by atoms with van der Waals surface area (Å²) in [7, 11) is 0. The van der Waals surface area contributed by atoms with E-state index in [1.165, 1.54) is 82.0 Å². The zero-order chi connectivity index (χ0) is 13.0. The molecule has 0 spiro atoms. The minimum Gasteiger partial charge on any atom is -1.00 e. The van der Waals surface area contributed by atoms with E-state index in [1.54, 1.807) is 0 Å². The van der Waals surface area contributed by atoms with Crippen molar-refractivity contribution < 1.29 is 36.6 Å². The van der Waals surface area contributed by atoms with Gasteiger partial charge in [0.05, 0.1) is 26.2 Å². The third kappa shape index (κ3) is 21.7. The van der Waals surface area contributed by atoms with Crippen LogP contribution in [0.5, 0.6) is 0 Å². The molecule has 0 radical (unpaired) electrons. The van der Waals surface area contributed by atoms with Crippen LogP contribution in [0.3, 0.4) is 0 Å². The van der Waals surface area contributed by atoms with Crippen molar-refractivity contribution in [3.8, 4) is 0 Å². The van der Waals surface area contributed by atoms with Crippen molar-refractivity contribution in [2.75, 3.05) is 26.2 Å². The Bertz CT molecular complexity index is 139. The fraction of sp³-hybridized carbons (Fsp3) is 1.00. The van der Waals surface area contributed by atoms with Crippen molar-refractivity contribution in [2.24, 2.45) is 0 Å². The van der Waals surface area contributed by atoms with Crippen LogP contribution in [-0.2, 0) is 0 Å². The van der Waals surface area contributed by atoms with Crippen molar-refractivity contribution >= 4 is 0 Å². The number of hydrogen-bond acceptors (Lipinski definition) is 0. The average molecular weight is 352 g/mol. The van der Waals surface area contributed by atoms with Crippen LogP contribution < -0.4 is 4.70 Å². The summed E-state index contributed by atoms with van der Waals surface area (Å²) >= 11 is 0. The van der Waals surface area contributed by atoms with Crippen LogP contribution in [0.25, 0.3) is 0 Å². The minimum atomic E-state index is 0.